The van der Waals surface area contributed by atoms with Crippen LogP contribution in [0.25, 0.3) is 10.9 Å². The molecule has 0 bridgehead atoms. The molecule has 0 aliphatic carbocycles. The Balaban J connectivity index is 3.15. The van der Waals surface area contributed by atoms with Crippen molar-refractivity contribution < 1.29 is 4.39 Å². The van der Waals surface area contributed by atoms with Crippen molar-refractivity contribution in [3.63, 3.8) is 0 Å². The molecule has 3 nitrogen and oxygen atoms in total. The van der Waals surface area contributed by atoms with Crippen LogP contribution in [0.4, 0.5) is 10.1 Å². The molecule has 4 heteroatoms. The van der Waals surface area contributed by atoms with Gasteiger partial charge in [0.05, 0.1) is 16.6 Å². The number of benzene rings is 1. The number of nitrogens with two attached hydrogens (primary N) is 1. The molecule has 0 radical (unpaired) electrons. The highest BCUT2D eigenvalue weighted by Crippen LogP contribution is 2.23. The van der Waals surface area contributed by atoms with Crippen molar-refractivity contribution in [2.24, 2.45) is 7.05 Å². The van der Waals surface area contributed by atoms with E-state index in [1.807, 2.05) is 0 Å². The highest BCUT2D eigenvalue weighted by molar-refractivity contribution is 5.92. The molecule has 15 heavy (non-hydrogen) atoms. The van der Waals surface area contributed by atoms with Crippen LogP contribution in [-0.4, -0.2) is 4.57 Å². The Labute approximate surface area is 85.9 Å². The van der Waals surface area contributed by atoms with Gasteiger partial charge in [-0.3, -0.25) is 4.79 Å². The fraction of sp³-hybridized carbons (Fsp3) is 0.182. The van der Waals surface area contributed by atoms with Crippen molar-refractivity contribution in [2.45, 2.75) is 6.92 Å². The summed E-state index contributed by atoms with van der Waals surface area (Å²) in [7, 11) is 1.61. The van der Waals surface area contributed by atoms with Crippen molar-refractivity contribution in [3.05, 3.63) is 39.9 Å². The first kappa shape index (κ1) is 9.71. The summed E-state index contributed by atoms with van der Waals surface area (Å²) in [6.07, 6.45) is 0. The number of aryl methyl sites for hydroxylation is 1. The highest BCUT2D eigenvalue weighted by atomic mass is 19.1. The van der Waals surface area contributed by atoms with Gasteiger partial charge in [-0.05, 0) is 19.1 Å². The molecule has 0 spiro atoms. The van der Waals surface area contributed by atoms with Gasteiger partial charge in [0.1, 0.15) is 5.82 Å². The van der Waals surface area contributed by atoms with Crippen LogP contribution in [0, 0.1) is 12.7 Å². The van der Waals surface area contributed by atoms with E-state index in [0.717, 1.165) is 0 Å². The second kappa shape index (κ2) is 3.08. The molecule has 2 aromatic rings. The molecule has 78 valence electrons. The van der Waals surface area contributed by atoms with E-state index in [1.165, 1.54) is 10.6 Å². The summed E-state index contributed by atoms with van der Waals surface area (Å²) >= 11 is 0. The summed E-state index contributed by atoms with van der Waals surface area (Å²) in [4.78, 5) is 11.7. The van der Waals surface area contributed by atoms with Gasteiger partial charge in [0, 0.05) is 12.6 Å². The van der Waals surface area contributed by atoms with E-state index in [9.17, 15) is 9.18 Å². The minimum atomic E-state index is -0.399. The summed E-state index contributed by atoms with van der Waals surface area (Å²) in [5, 5.41) is 0.317. The van der Waals surface area contributed by atoms with Gasteiger partial charge in [-0.1, -0.05) is 6.07 Å². The number of nitrogen functional groups attached to an aromatic ring is 1. The summed E-state index contributed by atoms with van der Waals surface area (Å²) in [6.45, 7) is 1.60. The van der Waals surface area contributed by atoms with Crippen LogP contribution < -0.4 is 11.3 Å². The SMILES string of the molecule is Cc1c(N)c2c(F)cccc2n(C)c1=O. The predicted octanol–water partition coefficient (Wildman–Crippen LogP) is 1.57. The Morgan fingerprint density at radius 2 is 2.07 bits per heavy atom. The van der Waals surface area contributed by atoms with Gasteiger partial charge in [0.25, 0.3) is 5.56 Å². The molecular weight excluding hydrogens is 195 g/mol. The van der Waals surface area contributed by atoms with Crippen LogP contribution in [-0.2, 0) is 7.05 Å². The summed E-state index contributed by atoms with van der Waals surface area (Å²) in [5.74, 6) is -0.399. The number of fused-ring (bicyclic) bond motifs is 1. The van der Waals surface area contributed by atoms with Crippen LogP contribution in [0.15, 0.2) is 23.0 Å². The second-order valence-electron chi connectivity index (χ2n) is 3.54. The molecule has 1 aromatic carbocycles. The van der Waals surface area contributed by atoms with E-state index in [-0.39, 0.29) is 11.2 Å². The Kier molecular flexibility index (Phi) is 2.00. The van der Waals surface area contributed by atoms with Crippen LogP contribution in [0.2, 0.25) is 0 Å². The number of nitrogens with zero attached hydrogens (tertiary/aromatic N) is 1. The third kappa shape index (κ3) is 1.21. The van der Waals surface area contributed by atoms with E-state index in [0.29, 0.717) is 16.5 Å². The number of hydrogen-bond donors (Lipinski definition) is 1. The zero-order chi connectivity index (χ0) is 11.2. The second-order valence-corrected chi connectivity index (χ2v) is 3.54. The maximum Gasteiger partial charge on any atom is 0.255 e. The topological polar surface area (TPSA) is 48.0 Å². The van der Waals surface area contributed by atoms with E-state index >= 15 is 0 Å². The first-order valence-corrected chi connectivity index (χ1v) is 4.57. The molecule has 2 rings (SSSR count). The highest BCUT2D eigenvalue weighted by Gasteiger charge is 2.12. The van der Waals surface area contributed by atoms with Crippen molar-refractivity contribution in [1.29, 1.82) is 0 Å². The lowest BCUT2D eigenvalue weighted by molar-refractivity contribution is 0.639. The molecule has 0 aliphatic rings. The summed E-state index contributed by atoms with van der Waals surface area (Å²) in [5.41, 5.74) is 6.68. The lowest BCUT2D eigenvalue weighted by atomic mass is 10.1. The zero-order valence-electron chi connectivity index (χ0n) is 8.54. The van der Waals surface area contributed by atoms with Crippen LogP contribution >= 0.6 is 0 Å². The van der Waals surface area contributed by atoms with Gasteiger partial charge < -0.3 is 10.3 Å². The first-order chi connectivity index (χ1) is 7.04. The fourth-order valence-corrected chi connectivity index (χ4v) is 1.72. The fourth-order valence-electron chi connectivity index (χ4n) is 1.72. The minimum absolute atomic E-state index is 0.189. The third-order valence-corrected chi connectivity index (χ3v) is 2.65. The van der Waals surface area contributed by atoms with E-state index in [4.69, 9.17) is 5.73 Å². The largest absolute Gasteiger partial charge is 0.398 e. The Morgan fingerprint density at radius 1 is 1.40 bits per heavy atom. The lowest BCUT2D eigenvalue weighted by Crippen LogP contribution is -2.21. The lowest BCUT2D eigenvalue weighted by Gasteiger charge is -2.10. The average molecular weight is 206 g/mol. The van der Waals surface area contributed by atoms with Crippen LogP contribution in [0.5, 0.6) is 0 Å². The van der Waals surface area contributed by atoms with Crippen LogP contribution in [0.1, 0.15) is 5.56 Å². The van der Waals surface area contributed by atoms with Gasteiger partial charge in [0.2, 0.25) is 0 Å². The average Bonchev–Trinajstić information content (AvgIpc) is 2.23. The van der Waals surface area contributed by atoms with Crippen molar-refractivity contribution in [1.82, 2.24) is 4.57 Å². The molecule has 0 fully saturated rings. The minimum Gasteiger partial charge on any atom is -0.398 e. The normalized spacial score (nSPS) is 10.9. The number of aromatic nitrogens is 1. The molecule has 0 amide bonds. The number of rotatable bonds is 0. The molecule has 2 N–H and O–H groups in total. The van der Waals surface area contributed by atoms with Gasteiger partial charge in [-0.25, -0.2) is 4.39 Å². The molecule has 1 aromatic heterocycles. The smallest absolute Gasteiger partial charge is 0.255 e. The number of pyridine rings is 1. The van der Waals surface area contributed by atoms with E-state index in [1.54, 1.807) is 26.1 Å². The summed E-state index contributed by atoms with van der Waals surface area (Å²) in [6, 6.07) is 4.57. The van der Waals surface area contributed by atoms with Gasteiger partial charge in [-0.2, -0.15) is 0 Å². The molecule has 0 saturated heterocycles. The van der Waals surface area contributed by atoms with Gasteiger partial charge in [0.15, 0.2) is 0 Å². The van der Waals surface area contributed by atoms with Crippen molar-refractivity contribution in [3.8, 4) is 0 Å². The number of halogens is 1. The van der Waals surface area contributed by atoms with Crippen LogP contribution in [0.3, 0.4) is 0 Å². The molecule has 0 saturated carbocycles. The Bertz CT molecular complexity index is 602. The van der Waals surface area contributed by atoms with Gasteiger partial charge in [-0.15, -0.1) is 0 Å². The molecule has 1 heterocycles. The maximum atomic E-state index is 13.5. The zero-order valence-corrected chi connectivity index (χ0v) is 8.54. The first-order valence-electron chi connectivity index (χ1n) is 4.57. The standard InChI is InChI=1S/C11H11FN2O/c1-6-10(13)9-7(12)4-3-5-8(9)14(2)11(6)15/h3-5H,13H2,1-2H3. The molecule has 0 unspecified atom stereocenters. The third-order valence-electron chi connectivity index (χ3n) is 2.65. The molecule has 0 aliphatic heterocycles. The quantitative estimate of drug-likeness (QED) is 0.711. The monoisotopic (exact) mass is 206 g/mol. The molecule has 0 atom stereocenters. The van der Waals surface area contributed by atoms with E-state index < -0.39 is 5.82 Å². The number of anilines is 1. The molecular formula is C11H11FN2O. The van der Waals surface area contributed by atoms with Crippen molar-refractivity contribution in [2.75, 3.05) is 5.73 Å². The summed E-state index contributed by atoms with van der Waals surface area (Å²) < 4.78 is 15.0. The Morgan fingerprint density at radius 3 is 2.73 bits per heavy atom. The van der Waals surface area contributed by atoms with E-state index in [2.05, 4.69) is 0 Å². The maximum absolute atomic E-state index is 13.5. The Hall–Kier alpha value is -1.84. The number of hydrogen-bond acceptors (Lipinski definition) is 2. The van der Waals surface area contributed by atoms with Gasteiger partial charge >= 0.3 is 0 Å². The van der Waals surface area contributed by atoms with Crippen molar-refractivity contribution >= 4 is 16.6 Å². The predicted molar refractivity (Wildman–Crippen MR) is 58.3 cm³/mol.